The highest BCUT2D eigenvalue weighted by Crippen LogP contribution is 2.32. The zero-order valence-electron chi connectivity index (χ0n) is 16.3. The van der Waals surface area contributed by atoms with Gasteiger partial charge in [0.15, 0.2) is 11.5 Å². The molecule has 9 nitrogen and oxygen atoms in total. The van der Waals surface area contributed by atoms with Gasteiger partial charge in [-0.2, -0.15) is 0 Å². The Hall–Kier alpha value is -3.30. The number of carbonyl (C=O) groups is 2. The Kier molecular flexibility index (Phi) is 6.01. The molecule has 0 aliphatic carbocycles. The SMILES string of the molecule is O=C(NC(CO)C(=O)Nc1ccc(N2CCOCC2)cc1)c1ccc2c(c1)OCO2. The van der Waals surface area contributed by atoms with Crippen molar-refractivity contribution in [2.75, 3.05) is 49.9 Å². The molecule has 2 amide bonds. The lowest BCUT2D eigenvalue weighted by Gasteiger charge is -2.29. The topological polar surface area (TPSA) is 109 Å². The van der Waals surface area contributed by atoms with Crippen molar-refractivity contribution in [3.05, 3.63) is 48.0 Å². The van der Waals surface area contributed by atoms with E-state index in [-0.39, 0.29) is 6.79 Å². The molecule has 2 aliphatic heterocycles. The van der Waals surface area contributed by atoms with Crippen LogP contribution < -0.4 is 25.0 Å². The Morgan fingerprint density at radius 2 is 1.77 bits per heavy atom. The molecule has 1 fully saturated rings. The van der Waals surface area contributed by atoms with E-state index in [1.54, 1.807) is 24.3 Å². The van der Waals surface area contributed by atoms with E-state index in [0.717, 1.165) is 18.8 Å². The number of hydrogen-bond donors (Lipinski definition) is 3. The number of ether oxygens (including phenoxy) is 3. The molecule has 2 aromatic rings. The van der Waals surface area contributed by atoms with Gasteiger partial charge in [0.25, 0.3) is 5.91 Å². The number of aliphatic hydroxyl groups excluding tert-OH is 1. The zero-order chi connectivity index (χ0) is 20.9. The van der Waals surface area contributed by atoms with E-state index in [2.05, 4.69) is 15.5 Å². The average molecular weight is 413 g/mol. The fraction of sp³-hybridized carbons (Fsp3) is 0.333. The summed E-state index contributed by atoms with van der Waals surface area (Å²) in [4.78, 5) is 27.2. The largest absolute Gasteiger partial charge is 0.454 e. The van der Waals surface area contributed by atoms with Gasteiger partial charge >= 0.3 is 0 Å². The minimum atomic E-state index is -1.10. The molecule has 0 spiro atoms. The molecule has 1 atom stereocenters. The highest BCUT2D eigenvalue weighted by atomic mass is 16.7. The predicted molar refractivity (Wildman–Crippen MR) is 109 cm³/mol. The first-order valence-electron chi connectivity index (χ1n) is 9.69. The zero-order valence-corrected chi connectivity index (χ0v) is 16.3. The molecule has 1 unspecified atom stereocenters. The summed E-state index contributed by atoms with van der Waals surface area (Å²) < 4.78 is 15.8. The van der Waals surface area contributed by atoms with Gasteiger partial charge in [0.1, 0.15) is 6.04 Å². The Morgan fingerprint density at radius 1 is 1.03 bits per heavy atom. The molecule has 2 aromatic carbocycles. The van der Waals surface area contributed by atoms with Crippen molar-refractivity contribution in [3.63, 3.8) is 0 Å². The third-order valence-electron chi connectivity index (χ3n) is 4.95. The predicted octanol–water partition coefficient (Wildman–Crippen LogP) is 0.981. The molecule has 0 bridgehead atoms. The second kappa shape index (κ2) is 9.02. The van der Waals surface area contributed by atoms with Crippen LogP contribution in [0.15, 0.2) is 42.5 Å². The van der Waals surface area contributed by atoms with E-state index in [1.807, 2.05) is 12.1 Å². The van der Waals surface area contributed by atoms with Gasteiger partial charge in [-0.05, 0) is 42.5 Å². The van der Waals surface area contributed by atoms with Gasteiger partial charge in [-0.1, -0.05) is 0 Å². The van der Waals surface area contributed by atoms with Gasteiger partial charge in [0, 0.05) is 30.0 Å². The van der Waals surface area contributed by atoms with Crippen molar-refractivity contribution in [2.45, 2.75) is 6.04 Å². The molecule has 0 saturated carbocycles. The normalized spacial score (nSPS) is 16.1. The van der Waals surface area contributed by atoms with E-state index in [0.29, 0.717) is 36.0 Å². The number of fused-ring (bicyclic) bond motifs is 1. The van der Waals surface area contributed by atoms with E-state index in [1.165, 1.54) is 6.07 Å². The molecule has 2 aliphatic rings. The molecule has 3 N–H and O–H groups in total. The lowest BCUT2D eigenvalue weighted by atomic mass is 10.1. The van der Waals surface area contributed by atoms with Gasteiger partial charge in [-0.15, -0.1) is 0 Å². The summed E-state index contributed by atoms with van der Waals surface area (Å²) >= 11 is 0. The summed E-state index contributed by atoms with van der Waals surface area (Å²) in [6.45, 7) is 2.61. The van der Waals surface area contributed by atoms with E-state index < -0.39 is 24.5 Å². The minimum absolute atomic E-state index is 0.104. The number of amides is 2. The van der Waals surface area contributed by atoms with Crippen LogP contribution in [0.2, 0.25) is 0 Å². The van der Waals surface area contributed by atoms with Crippen LogP contribution in [0.25, 0.3) is 0 Å². The molecule has 9 heteroatoms. The van der Waals surface area contributed by atoms with Crippen LogP contribution in [0.4, 0.5) is 11.4 Å². The van der Waals surface area contributed by atoms with E-state index in [9.17, 15) is 14.7 Å². The molecular weight excluding hydrogens is 390 g/mol. The van der Waals surface area contributed by atoms with Gasteiger partial charge < -0.3 is 34.9 Å². The first kappa shape index (κ1) is 20.0. The highest BCUT2D eigenvalue weighted by Gasteiger charge is 2.23. The molecule has 0 radical (unpaired) electrons. The number of rotatable bonds is 6. The van der Waals surface area contributed by atoms with Crippen LogP contribution in [0.3, 0.4) is 0 Å². The molecule has 30 heavy (non-hydrogen) atoms. The maximum Gasteiger partial charge on any atom is 0.252 e. The van der Waals surface area contributed by atoms with Gasteiger partial charge in [-0.3, -0.25) is 9.59 Å². The average Bonchev–Trinajstić information content (AvgIpc) is 3.26. The molecule has 4 rings (SSSR count). The number of aliphatic hydroxyl groups is 1. The third kappa shape index (κ3) is 4.47. The Labute approximate surface area is 173 Å². The van der Waals surface area contributed by atoms with Gasteiger partial charge in [0.05, 0.1) is 19.8 Å². The van der Waals surface area contributed by atoms with Crippen LogP contribution in [0, 0.1) is 0 Å². The summed E-state index contributed by atoms with van der Waals surface area (Å²) in [5.41, 5.74) is 1.93. The van der Waals surface area contributed by atoms with Crippen molar-refractivity contribution in [3.8, 4) is 11.5 Å². The van der Waals surface area contributed by atoms with Gasteiger partial charge in [0.2, 0.25) is 12.7 Å². The van der Waals surface area contributed by atoms with Crippen molar-refractivity contribution >= 4 is 23.2 Å². The van der Waals surface area contributed by atoms with Crippen LogP contribution >= 0.6 is 0 Å². The smallest absolute Gasteiger partial charge is 0.252 e. The molecule has 158 valence electrons. The number of anilines is 2. The van der Waals surface area contributed by atoms with Crippen LogP contribution in [0.1, 0.15) is 10.4 Å². The summed E-state index contributed by atoms with van der Waals surface area (Å²) in [6.07, 6.45) is 0. The fourth-order valence-electron chi connectivity index (χ4n) is 3.28. The minimum Gasteiger partial charge on any atom is -0.454 e. The summed E-state index contributed by atoms with van der Waals surface area (Å²) in [5, 5.41) is 14.9. The van der Waals surface area contributed by atoms with Crippen LogP contribution in [0.5, 0.6) is 11.5 Å². The quantitative estimate of drug-likeness (QED) is 0.648. The maximum atomic E-state index is 12.5. The highest BCUT2D eigenvalue weighted by molar-refractivity contribution is 6.01. The molecule has 2 heterocycles. The number of nitrogens with one attached hydrogen (secondary N) is 2. The van der Waals surface area contributed by atoms with E-state index in [4.69, 9.17) is 14.2 Å². The number of hydrogen-bond acceptors (Lipinski definition) is 7. The van der Waals surface area contributed by atoms with Crippen molar-refractivity contribution < 1.29 is 28.9 Å². The lowest BCUT2D eigenvalue weighted by molar-refractivity contribution is -0.118. The Bertz CT molecular complexity index is 911. The third-order valence-corrected chi connectivity index (χ3v) is 4.95. The monoisotopic (exact) mass is 413 g/mol. The number of nitrogens with zero attached hydrogens (tertiary/aromatic N) is 1. The summed E-state index contributed by atoms with van der Waals surface area (Å²) in [5.74, 6) is 0.0208. The number of benzene rings is 2. The second-order valence-corrected chi connectivity index (χ2v) is 6.91. The van der Waals surface area contributed by atoms with Gasteiger partial charge in [-0.25, -0.2) is 0 Å². The summed E-state index contributed by atoms with van der Waals surface area (Å²) in [7, 11) is 0. The molecule has 0 aromatic heterocycles. The molecular formula is C21H23N3O6. The lowest BCUT2D eigenvalue weighted by Crippen LogP contribution is -2.46. The standard InChI is InChI=1S/C21H23N3O6/c25-12-17(23-20(26)14-1-6-18-19(11-14)30-13-29-18)21(27)22-15-2-4-16(5-3-15)24-7-9-28-10-8-24/h1-6,11,17,25H,7-10,12-13H2,(H,22,27)(H,23,26). The summed E-state index contributed by atoms with van der Waals surface area (Å²) in [6, 6.07) is 11.0. The fourth-order valence-corrected chi connectivity index (χ4v) is 3.28. The van der Waals surface area contributed by atoms with Crippen molar-refractivity contribution in [1.29, 1.82) is 0 Å². The Balaban J connectivity index is 1.36. The van der Waals surface area contributed by atoms with E-state index >= 15 is 0 Å². The number of carbonyl (C=O) groups excluding carboxylic acids is 2. The van der Waals surface area contributed by atoms with Crippen LogP contribution in [-0.2, 0) is 9.53 Å². The van der Waals surface area contributed by atoms with Crippen molar-refractivity contribution in [2.24, 2.45) is 0 Å². The first-order valence-corrected chi connectivity index (χ1v) is 9.69. The number of morpholine rings is 1. The second-order valence-electron chi connectivity index (χ2n) is 6.91. The molecule has 1 saturated heterocycles. The van der Waals surface area contributed by atoms with Crippen LogP contribution in [-0.4, -0.2) is 62.7 Å². The maximum absolute atomic E-state index is 12.5. The first-order chi connectivity index (χ1) is 14.6. The Morgan fingerprint density at radius 3 is 2.50 bits per heavy atom. The van der Waals surface area contributed by atoms with Crippen molar-refractivity contribution in [1.82, 2.24) is 5.32 Å².